The average molecular weight is 228 g/mol. The molecule has 0 spiro atoms. The van der Waals surface area contributed by atoms with Crippen molar-refractivity contribution in [2.75, 3.05) is 12.4 Å². The molecule has 0 aliphatic carbocycles. The van der Waals surface area contributed by atoms with Gasteiger partial charge in [0.15, 0.2) is 0 Å². The quantitative estimate of drug-likeness (QED) is 0.772. The van der Waals surface area contributed by atoms with E-state index in [-0.39, 0.29) is 11.9 Å². The molecule has 5 heteroatoms. The van der Waals surface area contributed by atoms with Gasteiger partial charge in [-0.1, -0.05) is 11.6 Å². The third kappa shape index (κ3) is 3.18. The molecular weight excluding hydrogens is 214 g/mol. The second kappa shape index (κ2) is 5.09. The fraction of sp³-hybridized carbons (Fsp3) is 0.400. The van der Waals surface area contributed by atoms with Crippen LogP contribution in [-0.2, 0) is 4.79 Å². The van der Waals surface area contributed by atoms with Crippen LogP contribution in [0.5, 0.6) is 0 Å². The van der Waals surface area contributed by atoms with Crippen LogP contribution in [0, 0.1) is 6.92 Å². The van der Waals surface area contributed by atoms with Crippen molar-refractivity contribution in [2.45, 2.75) is 19.9 Å². The number of carbonyl (C=O) groups excluding carboxylic acids is 1. The number of amides is 1. The molecule has 1 heterocycles. The van der Waals surface area contributed by atoms with E-state index in [4.69, 9.17) is 11.6 Å². The van der Waals surface area contributed by atoms with Gasteiger partial charge in [-0.3, -0.25) is 4.79 Å². The molecule has 1 aromatic rings. The SMILES string of the molecule is CNC(C)C(=O)Nc1cnc(Cl)c(C)c1. The van der Waals surface area contributed by atoms with Gasteiger partial charge in [0.25, 0.3) is 0 Å². The highest BCUT2D eigenvalue weighted by atomic mass is 35.5. The van der Waals surface area contributed by atoms with Gasteiger partial charge in [0.2, 0.25) is 5.91 Å². The Morgan fingerprint density at radius 2 is 2.27 bits per heavy atom. The van der Waals surface area contributed by atoms with E-state index in [2.05, 4.69) is 15.6 Å². The number of hydrogen-bond donors (Lipinski definition) is 2. The van der Waals surface area contributed by atoms with Gasteiger partial charge in [-0.25, -0.2) is 4.98 Å². The third-order valence-electron chi connectivity index (χ3n) is 2.11. The van der Waals surface area contributed by atoms with Crippen molar-refractivity contribution in [2.24, 2.45) is 0 Å². The van der Waals surface area contributed by atoms with Gasteiger partial charge in [0.05, 0.1) is 17.9 Å². The Morgan fingerprint density at radius 3 is 2.80 bits per heavy atom. The maximum Gasteiger partial charge on any atom is 0.241 e. The lowest BCUT2D eigenvalue weighted by Crippen LogP contribution is -2.35. The van der Waals surface area contributed by atoms with Crippen LogP contribution in [0.1, 0.15) is 12.5 Å². The van der Waals surface area contributed by atoms with E-state index in [1.807, 2.05) is 6.92 Å². The molecule has 1 unspecified atom stereocenters. The van der Waals surface area contributed by atoms with Gasteiger partial charge in [-0.2, -0.15) is 0 Å². The number of nitrogens with zero attached hydrogens (tertiary/aromatic N) is 1. The number of aromatic nitrogens is 1. The maximum absolute atomic E-state index is 11.5. The standard InChI is InChI=1S/C10H14ClN3O/c1-6-4-8(5-13-9(6)11)14-10(15)7(2)12-3/h4-5,7,12H,1-3H3,(H,14,15). The molecule has 0 fully saturated rings. The Balaban J connectivity index is 2.73. The first-order valence-electron chi connectivity index (χ1n) is 4.65. The van der Waals surface area contributed by atoms with E-state index < -0.39 is 0 Å². The molecule has 1 rings (SSSR count). The number of rotatable bonds is 3. The predicted molar refractivity (Wildman–Crippen MR) is 61.1 cm³/mol. The summed E-state index contributed by atoms with van der Waals surface area (Å²) in [7, 11) is 1.73. The molecule has 0 aliphatic heterocycles. The number of anilines is 1. The maximum atomic E-state index is 11.5. The van der Waals surface area contributed by atoms with E-state index in [0.717, 1.165) is 5.56 Å². The second-order valence-electron chi connectivity index (χ2n) is 3.33. The zero-order valence-electron chi connectivity index (χ0n) is 8.97. The smallest absolute Gasteiger partial charge is 0.241 e. The summed E-state index contributed by atoms with van der Waals surface area (Å²) in [5.41, 5.74) is 1.50. The minimum atomic E-state index is -0.235. The van der Waals surface area contributed by atoms with Crippen molar-refractivity contribution >= 4 is 23.2 Å². The van der Waals surface area contributed by atoms with Crippen molar-refractivity contribution in [3.05, 3.63) is 23.0 Å². The monoisotopic (exact) mass is 227 g/mol. The van der Waals surface area contributed by atoms with E-state index in [0.29, 0.717) is 10.8 Å². The predicted octanol–water partition coefficient (Wildman–Crippen LogP) is 1.59. The van der Waals surface area contributed by atoms with Crippen molar-refractivity contribution in [3.63, 3.8) is 0 Å². The Labute approximate surface area is 94.0 Å². The van der Waals surface area contributed by atoms with E-state index in [9.17, 15) is 4.79 Å². The molecule has 0 bridgehead atoms. The molecule has 2 N–H and O–H groups in total. The number of halogens is 1. The zero-order valence-corrected chi connectivity index (χ0v) is 9.72. The molecule has 15 heavy (non-hydrogen) atoms. The first kappa shape index (κ1) is 11.9. The molecular formula is C10H14ClN3O. The fourth-order valence-electron chi connectivity index (χ4n) is 1.01. The lowest BCUT2D eigenvalue weighted by molar-refractivity contribution is -0.117. The summed E-state index contributed by atoms with van der Waals surface area (Å²) >= 11 is 5.77. The molecule has 1 aromatic heterocycles. The highest BCUT2D eigenvalue weighted by Gasteiger charge is 2.10. The van der Waals surface area contributed by atoms with Gasteiger partial charge in [-0.15, -0.1) is 0 Å². The normalized spacial score (nSPS) is 12.3. The number of hydrogen-bond acceptors (Lipinski definition) is 3. The number of pyridine rings is 1. The van der Waals surface area contributed by atoms with Crippen LogP contribution in [0.3, 0.4) is 0 Å². The lowest BCUT2D eigenvalue weighted by atomic mass is 10.2. The highest BCUT2D eigenvalue weighted by Crippen LogP contribution is 2.15. The fourth-order valence-corrected chi connectivity index (χ4v) is 1.11. The Kier molecular flexibility index (Phi) is 4.05. The first-order chi connectivity index (χ1) is 7.04. The number of aryl methyl sites for hydroxylation is 1. The van der Waals surface area contributed by atoms with Crippen LogP contribution < -0.4 is 10.6 Å². The van der Waals surface area contributed by atoms with Gasteiger partial charge < -0.3 is 10.6 Å². The second-order valence-corrected chi connectivity index (χ2v) is 3.69. The highest BCUT2D eigenvalue weighted by molar-refractivity contribution is 6.30. The van der Waals surface area contributed by atoms with E-state index in [1.165, 1.54) is 6.20 Å². The average Bonchev–Trinajstić information content (AvgIpc) is 2.22. The van der Waals surface area contributed by atoms with Crippen LogP contribution in [0.25, 0.3) is 0 Å². The topological polar surface area (TPSA) is 54.0 Å². The van der Waals surface area contributed by atoms with Gasteiger partial charge >= 0.3 is 0 Å². The number of likely N-dealkylation sites (N-methyl/N-ethyl adjacent to an activating group) is 1. The van der Waals surface area contributed by atoms with Crippen molar-refractivity contribution < 1.29 is 4.79 Å². The van der Waals surface area contributed by atoms with Crippen LogP contribution in [0.2, 0.25) is 5.15 Å². The van der Waals surface area contributed by atoms with Crippen molar-refractivity contribution in [1.82, 2.24) is 10.3 Å². The van der Waals surface area contributed by atoms with Gasteiger partial charge in [-0.05, 0) is 32.5 Å². The molecule has 0 aromatic carbocycles. The summed E-state index contributed by atoms with van der Waals surface area (Å²) in [6, 6.07) is 1.55. The molecule has 0 radical (unpaired) electrons. The number of nitrogens with one attached hydrogen (secondary N) is 2. The van der Waals surface area contributed by atoms with Crippen LogP contribution in [0.4, 0.5) is 5.69 Å². The molecule has 0 aliphatic rings. The largest absolute Gasteiger partial charge is 0.323 e. The summed E-state index contributed by atoms with van der Waals surface area (Å²) in [4.78, 5) is 15.5. The summed E-state index contributed by atoms with van der Waals surface area (Å²) in [5.74, 6) is -0.0963. The van der Waals surface area contributed by atoms with Gasteiger partial charge in [0.1, 0.15) is 5.15 Å². The molecule has 4 nitrogen and oxygen atoms in total. The summed E-state index contributed by atoms with van der Waals surface area (Å²) in [6.45, 7) is 3.62. The molecule has 82 valence electrons. The van der Waals surface area contributed by atoms with E-state index in [1.54, 1.807) is 20.0 Å². The molecule has 0 saturated heterocycles. The van der Waals surface area contributed by atoms with Crippen LogP contribution in [-0.4, -0.2) is 24.0 Å². The Bertz CT molecular complexity index is 368. The number of carbonyl (C=O) groups is 1. The lowest BCUT2D eigenvalue weighted by Gasteiger charge is -2.11. The van der Waals surface area contributed by atoms with Crippen LogP contribution >= 0.6 is 11.6 Å². The zero-order chi connectivity index (χ0) is 11.4. The Hall–Kier alpha value is -1.13. The summed E-state index contributed by atoms with van der Waals surface area (Å²) < 4.78 is 0. The minimum absolute atomic E-state index is 0.0963. The van der Waals surface area contributed by atoms with Crippen molar-refractivity contribution in [1.29, 1.82) is 0 Å². The summed E-state index contributed by atoms with van der Waals surface area (Å²) in [5, 5.41) is 6.04. The third-order valence-corrected chi connectivity index (χ3v) is 2.50. The van der Waals surface area contributed by atoms with E-state index >= 15 is 0 Å². The van der Waals surface area contributed by atoms with Gasteiger partial charge in [0, 0.05) is 0 Å². The minimum Gasteiger partial charge on any atom is -0.323 e. The Morgan fingerprint density at radius 1 is 1.60 bits per heavy atom. The first-order valence-corrected chi connectivity index (χ1v) is 5.02. The summed E-state index contributed by atoms with van der Waals surface area (Å²) in [6.07, 6.45) is 1.54. The van der Waals surface area contributed by atoms with Crippen molar-refractivity contribution in [3.8, 4) is 0 Å². The molecule has 1 atom stereocenters. The van der Waals surface area contributed by atoms with Crippen LogP contribution in [0.15, 0.2) is 12.3 Å². The molecule has 1 amide bonds. The molecule has 0 saturated carbocycles.